The number of nitrogens with zero attached hydrogens (tertiary/aromatic N) is 3. The highest BCUT2D eigenvalue weighted by Gasteiger charge is 2.26. The molecule has 23 heavy (non-hydrogen) atoms. The van der Waals surface area contributed by atoms with Gasteiger partial charge in [0.2, 0.25) is 0 Å². The molecule has 128 valence electrons. The lowest BCUT2D eigenvalue weighted by Crippen LogP contribution is -2.37. The minimum Gasteiger partial charge on any atom is -0.356 e. The Morgan fingerprint density at radius 1 is 1.35 bits per heavy atom. The second kappa shape index (κ2) is 8.55. The van der Waals surface area contributed by atoms with E-state index in [0.29, 0.717) is 17.7 Å². The summed E-state index contributed by atoms with van der Waals surface area (Å²) in [7, 11) is 2.10. The van der Waals surface area contributed by atoms with Gasteiger partial charge in [-0.1, -0.05) is 19.1 Å². The third-order valence-corrected chi connectivity index (χ3v) is 5.42. The van der Waals surface area contributed by atoms with Gasteiger partial charge in [0, 0.05) is 18.7 Å². The topological polar surface area (TPSA) is 66.3 Å². The molecule has 1 aliphatic carbocycles. The van der Waals surface area contributed by atoms with Crippen molar-refractivity contribution in [1.29, 1.82) is 0 Å². The Labute approximate surface area is 141 Å². The maximum atomic E-state index is 11.0. The van der Waals surface area contributed by atoms with Crippen molar-refractivity contribution in [2.24, 2.45) is 5.92 Å². The molecule has 5 nitrogen and oxygen atoms in total. The van der Waals surface area contributed by atoms with Gasteiger partial charge in [-0.3, -0.25) is 0 Å². The van der Waals surface area contributed by atoms with Gasteiger partial charge in [-0.2, -0.15) is 0 Å². The third kappa shape index (κ3) is 4.85. The van der Waals surface area contributed by atoms with E-state index in [4.69, 9.17) is 4.55 Å². The molecule has 0 radical (unpaired) electrons. The van der Waals surface area contributed by atoms with Crippen LogP contribution in [-0.4, -0.2) is 37.6 Å². The molecule has 6 heteroatoms. The average molecular weight is 337 g/mol. The standard InChI is InChI=1S/C17H27N3O2S/c1-4-5-6-16-13(2)18-12-19-17(16)20(3)15-9-7-14(8-10-15)11-23(21)22/h5-6,12,14-15H,4,7-11H2,1-3H3,(H,21,22)/b6-5-. The highest BCUT2D eigenvalue weighted by molar-refractivity contribution is 7.79. The predicted octanol–water partition coefficient (Wildman–Crippen LogP) is 3.42. The summed E-state index contributed by atoms with van der Waals surface area (Å²) in [5.41, 5.74) is 2.09. The molecule has 0 bridgehead atoms. The molecule has 0 aliphatic heterocycles. The molecule has 0 aromatic carbocycles. The number of anilines is 1. The number of allylic oxidation sites excluding steroid dienone is 1. The molecule has 1 unspecified atom stereocenters. The molecular weight excluding hydrogens is 310 g/mol. The molecule has 1 N–H and O–H groups in total. The Kier molecular flexibility index (Phi) is 6.72. The lowest BCUT2D eigenvalue weighted by Gasteiger charge is -2.35. The highest BCUT2D eigenvalue weighted by atomic mass is 32.2. The fourth-order valence-electron chi connectivity index (χ4n) is 3.26. The maximum absolute atomic E-state index is 11.0. The monoisotopic (exact) mass is 337 g/mol. The number of aryl methyl sites for hydroxylation is 1. The normalized spacial score (nSPS) is 23.1. The summed E-state index contributed by atoms with van der Waals surface area (Å²) in [6.07, 6.45) is 11.0. The molecule has 1 fully saturated rings. The number of hydrogen-bond acceptors (Lipinski definition) is 4. The fraction of sp³-hybridized carbons (Fsp3) is 0.647. The van der Waals surface area contributed by atoms with Crippen molar-refractivity contribution in [3.8, 4) is 0 Å². The van der Waals surface area contributed by atoms with Crippen LogP contribution >= 0.6 is 0 Å². The van der Waals surface area contributed by atoms with Crippen LogP contribution in [0.1, 0.15) is 50.3 Å². The molecule has 1 aromatic heterocycles. The van der Waals surface area contributed by atoms with Crippen molar-refractivity contribution in [1.82, 2.24) is 9.97 Å². The highest BCUT2D eigenvalue weighted by Crippen LogP contribution is 2.31. The van der Waals surface area contributed by atoms with Crippen LogP contribution < -0.4 is 4.90 Å². The summed E-state index contributed by atoms with van der Waals surface area (Å²) in [6, 6.07) is 0.432. The van der Waals surface area contributed by atoms with E-state index in [2.05, 4.69) is 41.0 Å². The first-order chi connectivity index (χ1) is 11.0. The van der Waals surface area contributed by atoms with Gasteiger partial charge in [-0.05, 0) is 44.9 Å². The van der Waals surface area contributed by atoms with Crippen LogP contribution in [0.5, 0.6) is 0 Å². The molecule has 2 rings (SSSR count). The largest absolute Gasteiger partial charge is 0.356 e. The summed E-state index contributed by atoms with van der Waals surface area (Å²) < 4.78 is 20.0. The molecule has 1 aliphatic rings. The molecule has 1 saturated carbocycles. The Hall–Kier alpha value is -1.27. The van der Waals surface area contributed by atoms with Crippen molar-refractivity contribution >= 4 is 23.0 Å². The molecule has 1 atom stereocenters. The zero-order valence-electron chi connectivity index (χ0n) is 14.2. The van der Waals surface area contributed by atoms with E-state index in [0.717, 1.165) is 49.2 Å². The molecule has 0 amide bonds. The summed E-state index contributed by atoms with van der Waals surface area (Å²) in [5, 5.41) is 0. The van der Waals surface area contributed by atoms with Crippen LogP contribution in [0.25, 0.3) is 6.08 Å². The predicted molar refractivity (Wildman–Crippen MR) is 95.9 cm³/mol. The van der Waals surface area contributed by atoms with Gasteiger partial charge in [0.05, 0.1) is 11.4 Å². The van der Waals surface area contributed by atoms with Crippen LogP contribution in [-0.2, 0) is 11.1 Å². The molecule has 0 spiro atoms. The first-order valence-electron chi connectivity index (χ1n) is 8.31. The number of rotatable bonds is 6. The van der Waals surface area contributed by atoms with Crippen molar-refractivity contribution in [3.63, 3.8) is 0 Å². The molecule has 1 heterocycles. The van der Waals surface area contributed by atoms with Crippen molar-refractivity contribution in [2.75, 3.05) is 17.7 Å². The smallest absolute Gasteiger partial charge is 0.153 e. The zero-order chi connectivity index (χ0) is 16.8. The van der Waals surface area contributed by atoms with E-state index in [1.807, 2.05) is 6.92 Å². The SMILES string of the molecule is CC/C=C\c1c(C)ncnc1N(C)C1CCC(CS(=O)O)CC1. The number of hydrogen-bond donors (Lipinski definition) is 1. The van der Waals surface area contributed by atoms with Crippen LogP contribution in [0.2, 0.25) is 0 Å². The van der Waals surface area contributed by atoms with Gasteiger partial charge in [-0.25, -0.2) is 14.2 Å². The molecule has 0 saturated heterocycles. The van der Waals surface area contributed by atoms with Crippen LogP contribution in [0.15, 0.2) is 12.4 Å². The fourth-order valence-corrected chi connectivity index (χ4v) is 3.99. The van der Waals surface area contributed by atoms with Crippen molar-refractivity contribution in [3.05, 3.63) is 23.7 Å². The number of aromatic nitrogens is 2. The third-order valence-electron chi connectivity index (χ3n) is 4.66. The Balaban J connectivity index is 2.09. The second-order valence-corrected chi connectivity index (χ2v) is 7.26. The van der Waals surface area contributed by atoms with Crippen molar-refractivity contribution in [2.45, 2.75) is 52.0 Å². The van der Waals surface area contributed by atoms with Gasteiger partial charge in [0.1, 0.15) is 12.1 Å². The first kappa shape index (κ1) is 18.1. The Morgan fingerprint density at radius 2 is 2.04 bits per heavy atom. The molecular formula is C17H27N3O2S. The maximum Gasteiger partial charge on any atom is 0.153 e. The minimum absolute atomic E-state index is 0.372. The van der Waals surface area contributed by atoms with E-state index in [1.165, 1.54) is 0 Å². The Bertz CT molecular complexity index is 569. The van der Waals surface area contributed by atoms with Gasteiger partial charge in [-0.15, -0.1) is 0 Å². The lowest BCUT2D eigenvalue weighted by atomic mass is 9.86. The first-order valence-corrected chi connectivity index (χ1v) is 9.58. The summed E-state index contributed by atoms with van der Waals surface area (Å²) >= 11 is -1.67. The second-order valence-electron chi connectivity index (χ2n) is 6.28. The van der Waals surface area contributed by atoms with Gasteiger partial charge < -0.3 is 9.45 Å². The van der Waals surface area contributed by atoms with E-state index >= 15 is 0 Å². The van der Waals surface area contributed by atoms with Gasteiger partial charge in [0.25, 0.3) is 0 Å². The van der Waals surface area contributed by atoms with E-state index in [9.17, 15) is 4.21 Å². The molecule has 1 aromatic rings. The average Bonchev–Trinajstić information content (AvgIpc) is 2.53. The quantitative estimate of drug-likeness (QED) is 0.806. The van der Waals surface area contributed by atoms with E-state index < -0.39 is 11.1 Å². The van der Waals surface area contributed by atoms with Crippen LogP contribution in [0.4, 0.5) is 5.82 Å². The van der Waals surface area contributed by atoms with Crippen LogP contribution in [0.3, 0.4) is 0 Å². The zero-order valence-corrected chi connectivity index (χ0v) is 15.1. The van der Waals surface area contributed by atoms with Crippen LogP contribution in [0, 0.1) is 12.8 Å². The minimum atomic E-state index is -1.67. The van der Waals surface area contributed by atoms with E-state index in [-0.39, 0.29) is 0 Å². The summed E-state index contributed by atoms with van der Waals surface area (Å²) in [5.74, 6) is 1.77. The van der Waals surface area contributed by atoms with E-state index in [1.54, 1.807) is 6.33 Å². The summed E-state index contributed by atoms with van der Waals surface area (Å²) in [6.45, 7) is 4.13. The van der Waals surface area contributed by atoms with Crippen molar-refractivity contribution < 1.29 is 8.76 Å². The van der Waals surface area contributed by atoms with Gasteiger partial charge >= 0.3 is 0 Å². The lowest BCUT2D eigenvalue weighted by molar-refractivity contribution is 0.339. The van der Waals surface area contributed by atoms with Gasteiger partial charge in [0.15, 0.2) is 11.1 Å². The summed E-state index contributed by atoms with van der Waals surface area (Å²) in [4.78, 5) is 11.1. The Morgan fingerprint density at radius 3 is 2.65 bits per heavy atom.